The molecular weight excluding hydrogens is 344 g/mol. The van der Waals surface area contributed by atoms with Crippen molar-refractivity contribution >= 4 is 34.0 Å². The summed E-state index contributed by atoms with van der Waals surface area (Å²) in [5.41, 5.74) is 2.79. The number of aryl methyl sites for hydroxylation is 2. The number of ether oxygens (including phenoxy) is 2. The van der Waals surface area contributed by atoms with Gasteiger partial charge in [-0.1, -0.05) is 13.3 Å². The second kappa shape index (κ2) is 6.30. The zero-order valence-corrected chi connectivity index (χ0v) is 15.6. The first kappa shape index (κ1) is 15.2. The Morgan fingerprint density at radius 2 is 1.87 bits per heavy atom. The molecule has 0 atom stereocenters. The zero-order chi connectivity index (χ0) is 15.8. The highest BCUT2D eigenvalue weighted by Gasteiger charge is 2.22. The summed E-state index contributed by atoms with van der Waals surface area (Å²) in [4.78, 5) is 5.24. The Morgan fingerprint density at radius 3 is 2.74 bits per heavy atom. The van der Waals surface area contributed by atoms with Crippen molar-refractivity contribution in [1.29, 1.82) is 0 Å². The highest BCUT2D eigenvalue weighted by atomic mass is 32.1. The molecule has 5 heteroatoms. The van der Waals surface area contributed by atoms with Crippen LogP contribution in [0.25, 0.3) is 19.5 Å². The topological polar surface area (TPSA) is 18.5 Å². The SMILES string of the molecule is CCCc1csc(-c2sc(-c3scc4c3OCCO4)cc2C)c1. The average Bonchev–Trinajstić information content (AvgIpc) is 3.25. The van der Waals surface area contributed by atoms with Gasteiger partial charge in [0.2, 0.25) is 0 Å². The van der Waals surface area contributed by atoms with E-state index in [0.717, 1.165) is 17.9 Å². The Hall–Kier alpha value is -1.30. The minimum Gasteiger partial charge on any atom is -0.485 e. The smallest absolute Gasteiger partial charge is 0.180 e. The minimum atomic E-state index is 0.638. The van der Waals surface area contributed by atoms with E-state index in [1.807, 2.05) is 22.7 Å². The molecule has 1 aliphatic heterocycles. The summed E-state index contributed by atoms with van der Waals surface area (Å²) in [6.07, 6.45) is 2.36. The van der Waals surface area contributed by atoms with Crippen LogP contribution in [0, 0.1) is 6.92 Å². The molecule has 0 saturated carbocycles. The van der Waals surface area contributed by atoms with Gasteiger partial charge in [-0.3, -0.25) is 0 Å². The summed E-state index contributed by atoms with van der Waals surface area (Å²) in [5, 5.41) is 4.35. The van der Waals surface area contributed by atoms with Crippen molar-refractivity contribution < 1.29 is 9.47 Å². The summed E-state index contributed by atoms with van der Waals surface area (Å²) in [5.74, 6) is 1.82. The van der Waals surface area contributed by atoms with Gasteiger partial charge in [-0.05, 0) is 42.0 Å². The molecule has 0 spiro atoms. The third kappa shape index (κ3) is 2.82. The minimum absolute atomic E-state index is 0.638. The lowest BCUT2D eigenvalue weighted by molar-refractivity contribution is 0.174. The zero-order valence-electron chi connectivity index (χ0n) is 13.2. The van der Waals surface area contributed by atoms with Crippen molar-refractivity contribution in [2.75, 3.05) is 13.2 Å². The quantitative estimate of drug-likeness (QED) is 0.547. The van der Waals surface area contributed by atoms with Crippen molar-refractivity contribution in [2.24, 2.45) is 0 Å². The van der Waals surface area contributed by atoms with Gasteiger partial charge in [-0.25, -0.2) is 0 Å². The number of hydrogen-bond donors (Lipinski definition) is 0. The van der Waals surface area contributed by atoms with Gasteiger partial charge in [0.05, 0.1) is 4.88 Å². The van der Waals surface area contributed by atoms with Crippen LogP contribution in [-0.4, -0.2) is 13.2 Å². The van der Waals surface area contributed by atoms with E-state index in [2.05, 4.69) is 36.7 Å². The van der Waals surface area contributed by atoms with E-state index >= 15 is 0 Å². The fraction of sp³-hybridized carbons (Fsp3) is 0.333. The van der Waals surface area contributed by atoms with Gasteiger partial charge >= 0.3 is 0 Å². The number of rotatable bonds is 4. The molecule has 3 aromatic rings. The van der Waals surface area contributed by atoms with E-state index in [1.165, 1.54) is 37.1 Å². The Bertz CT molecular complexity index is 825. The van der Waals surface area contributed by atoms with Crippen molar-refractivity contribution in [2.45, 2.75) is 26.7 Å². The van der Waals surface area contributed by atoms with E-state index in [0.29, 0.717) is 13.2 Å². The molecule has 0 radical (unpaired) electrons. The van der Waals surface area contributed by atoms with Crippen LogP contribution in [0.2, 0.25) is 0 Å². The summed E-state index contributed by atoms with van der Waals surface area (Å²) in [6, 6.07) is 4.63. The normalized spacial score (nSPS) is 13.5. The van der Waals surface area contributed by atoms with Crippen LogP contribution in [0.4, 0.5) is 0 Å². The summed E-state index contributed by atoms with van der Waals surface area (Å²) in [6.45, 7) is 5.71. The molecule has 0 aromatic carbocycles. The highest BCUT2D eigenvalue weighted by Crippen LogP contribution is 2.50. The Balaban J connectivity index is 1.70. The average molecular weight is 363 g/mol. The van der Waals surface area contributed by atoms with Crippen LogP contribution >= 0.6 is 34.0 Å². The molecule has 0 aliphatic carbocycles. The molecule has 3 aromatic heterocycles. The molecular formula is C18H18O2S3. The lowest BCUT2D eigenvalue weighted by Crippen LogP contribution is -2.14. The van der Waals surface area contributed by atoms with E-state index in [1.54, 1.807) is 11.3 Å². The van der Waals surface area contributed by atoms with Gasteiger partial charge in [0, 0.05) is 20.0 Å². The second-order valence-corrected chi connectivity index (χ2v) is 8.49. The summed E-state index contributed by atoms with van der Waals surface area (Å²) in [7, 11) is 0. The number of thiophene rings is 3. The number of fused-ring (bicyclic) bond motifs is 1. The van der Waals surface area contributed by atoms with Gasteiger partial charge in [-0.2, -0.15) is 0 Å². The van der Waals surface area contributed by atoms with Gasteiger partial charge in [0.1, 0.15) is 13.2 Å². The Labute approximate surface area is 148 Å². The van der Waals surface area contributed by atoms with E-state index in [-0.39, 0.29) is 0 Å². The molecule has 0 unspecified atom stereocenters. The van der Waals surface area contributed by atoms with Crippen LogP contribution in [0.15, 0.2) is 22.9 Å². The van der Waals surface area contributed by atoms with Crippen molar-refractivity contribution in [1.82, 2.24) is 0 Å². The molecule has 1 aliphatic rings. The van der Waals surface area contributed by atoms with E-state index in [4.69, 9.17) is 9.47 Å². The third-order valence-corrected chi connectivity index (χ3v) is 7.37. The molecule has 23 heavy (non-hydrogen) atoms. The third-order valence-electron chi connectivity index (χ3n) is 3.86. The molecule has 0 fully saturated rings. The van der Waals surface area contributed by atoms with Crippen LogP contribution in [0.1, 0.15) is 24.5 Å². The number of hydrogen-bond acceptors (Lipinski definition) is 5. The maximum Gasteiger partial charge on any atom is 0.180 e. The molecule has 0 saturated heterocycles. The first-order chi connectivity index (χ1) is 11.3. The van der Waals surface area contributed by atoms with Crippen molar-refractivity contribution in [3.05, 3.63) is 34.0 Å². The van der Waals surface area contributed by atoms with Gasteiger partial charge in [0.25, 0.3) is 0 Å². The van der Waals surface area contributed by atoms with Gasteiger partial charge in [-0.15, -0.1) is 34.0 Å². The predicted molar refractivity (Wildman–Crippen MR) is 101 cm³/mol. The first-order valence-corrected chi connectivity index (χ1v) is 10.4. The van der Waals surface area contributed by atoms with Crippen LogP contribution in [0.5, 0.6) is 11.5 Å². The fourth-order valence-corrected chi connectivity index (χ4v) is 6.14. The lowest BCUT2D eigenvalue weighted by Gasteiger charge is -2.15. The molecule has 120 valence electrons. The molecule has 0 bridgehead atoms. The maximum absolute atomic E-state index is 5.83. The largest absolute Gasteiger partial charge is 0.485 e. The van der Waals surface area contributed by atoms with Crippen molar-refractivity contribution in [3.8, 4) is 31.0 Å². The van der Waals surface area contributed by atoms with Crippen LogP contribution in [-0.2, 0) is 6.42 Å². The maximum atomic E-state index is 5.83. The second-order valence-electron chi connectivity index (χ2n) is 5.65. The van der Waals surface area contributed by atoms with Crippen LogP contribution < -0.4 is 9.47 Å². The molecule has 2 nitrogen and oxygen atoms in total. The first-order valence-electron chi connectivity index (χ1n) is 7.82. The predicted octanol–water partition coefficient (Wildman–Crippen LogP) is 6.24. The summed E-state index contributed by atoms with van der Waals surface area (Å²) < 4.78 is 11.5. The lowest BCUT2D eigenvalue weighted by atomic mass is 10.1. The highest BCUT2D eigenvalue weighted by molar-refractivity contribution is 7.26. The molecule has 0 N–H and O–H groups in total. The monoisotopic (exact) mass is 362 g/mol. The van der Waals surface area contributed by atoms with Crippen LogP contribution in [0.3, 0.4) is 0 Å². The fourth-order valence-electron chi connectivity index (χ4n) is 2.79. The summed E-state index contributed by atoms with van der Waals surface area (Å²) >= 11 is 5.43. The standard InChI is InChI=1S/C18H18O2S3/c1-3-4-12-8-14(21-9-12)17-11(2)7-15(23-17)18-16-13(10-22-18)19-5-6-20-16/h7-10H,3-6H2,1-2H3. The molecule has 4 heterocycles. The van der Waals surface area contributed by atoms with Gasteiger partial charge < -0.3 is 9.47 Å². The van der Waals surface area contributed by atoms with Gasteiger partial charge in [0.15, 0.2) is 11.5 Å². The Morgan fingerprint density at radius 1 is 1.00 bits per heavy atom. The Kier molecular flexibility index (Phi) is 4.18. The van der Waals surface area contributed by atoms with Crippen molar-refractivity contribution in [3.63, 3.8) is 0 Å². The molecule has 4 rings (SSSR count). The molecule has 0 amide bonds. The van der Waals surface area contributed by atoms with E-state index in [9.17, 15) is 0 Å². The van der Waals surface area contributed by atoms with E-state index < -0.39 is 0 Å².